The quantitative estimate of drug-likeness (QED) is 0.572. The van der Waals surface area contributed by atoms with Gasteiger partial charge in [0.2, 0.25) is 0 Å². The van der Waals surface area contributed by atoms with Gasteiger partial charge < -0.3 is 5.32 Å². The van der Waals surface area contributed by atoms with Crippen LogP contribution < -0.4 is 5.32 Å². The van der Waals surface area contributed by atoms with Gasteiger partial charge in [-0.3, -0.25) is 9.78 Å². The Balaban J connectivity index is 1.85. The van der Waals surface area contributed by atoms with E-state index in [0.29, 0.717) is 15.1 Å². The van der Waals surface area contributed by atoms with Gasteiger partial charge in [-0.15, -0.1) is 11.3 Å². The molecule has 0 aliphatic heterocycles. The Bertz CT molecular complexity index is 1110. The number of nitrogens with zero attached hydrogens (tertiary/aromatic N) is 4. The van der Waals surface area contributed by atoms with Crippen molar-refractivity contribution in [2.75, 3.05) is 5.32 Å². The minimum absolute atomic E-state index is 0.0669. The number of anilines is 1. The monoisotopic (exact) mass is 389 g/mol. The summed E-state index contributed by atoms with van der Waals surface area (Å²) in [5.74, 6) is -0.623. The number of alkyl halides is 3. The third-order valence-corrected chi connectivity index (χ3v) is 4.59. The standard InChI is InChI=1S/C17H10F3N5OS/c18-17(19,20)14-7-12(13-4-2-6-27-13)24-15-11(9-22-25(14)15)16(26)23-10-3-1-5-21-8-10/h1-9H,(H,23,26). The summed E-state index contributed by atoms with van der Waals surface area (Å²) in [6.07, 6.45) is -0.623. The van der Waals surface area contributed by atoms with E-state index in [1.807, 2.05) is 0 Å². The number of amides is 1. The van der Waals surface area contributed by atoms with Crippen LogP contribution in [0.25, 0.3) is 16.2 Å². The van der Waals surface area contributed by atoms with Gasteiger partial charge in [0, 0.05) is 6.20 Å². The number of fused-ring (bicyclic) bond motifs is 1. The van der Waals surface area contributed by atoms with Crippen LogP contribution in [0.1, 0.15) is 16.1 Å². The van der Waals surface area contributed by atoms with E-state index in [9.17, 15) is 18.0 Å². The number of carbonyl (C=O) groups is 1. The highest BCUT2D eigenvalue weighted by Crippen LogP contribution is 2.33. The van der Waals surface area contributed by atoms with Crippen LogP contribution >= 0.6 is 11.3 Å². The summed E-state index contributed by atoms with van der Waals surface area (Å²) in [6.45, 7) is 0. The largest absolute Gasteiger partial charge is 0.433 e. The van der Waals surface area contributed by atoms with Crippen molar-refractivity contribution in [1.29, 1.82) is 0 Å². The Morgan fingerprint density at radius 2 is 2.04 bits per heavy atom. The molecule has 4 rings (SSSR count). The summed E-state index contributed by atoms with van der Waals surface area (Å²) in [5, 5.41) is 8.04. The molecule has 0 spiro atoms. The van der Waals surface area contributed by atoms with E-state index in [1.165, 1.54) is 23.7 Å². The Kier molecular flexibility index (Phi) is 4.11. The molecule has 136 valence electrons. The Morgan fingerprint density at radius 3 is 2.70 bits per heavy atom. The molecule has 4 aromatic rings. The van der Waals surface area contributed by atoms with Crippen LogP contribution in [-0.2, 0) is 6.18 Å². The molecule has 0 bridgehead atoms. The zero-order chi connectivity index (χ0) is 19.0. The number of rotatable bonds is 3. The fourth-order valence-corrected chi connectivity index (χ4v) is 3.20. The fourth-order valence-electron chi connectivity index (χ4n) is 2.51. The lowest BCUT2D eigenvalue weighted by atomic mass is 10.2. The summed E-state index contributed by atoms with van der Waals surface area (Å²) in [7, 11) is 0. The molecule has 0 atom stereocenters. The van der Waals surface area contributed by atoms with Crippen molar-refractivity contribution in [3.63, 3.8) is 0 Å². The highest BCUT2D eigenvalue weighted by Gasteiger charge is 2.36. The highest BCUT2D eigenvalue weighted by molar-refractivity contribution is 7.13. The first-order chi connectivity index (χ1) is 12.9. The van der Waals surface area contributed by atoms with Crippen molar-refractivity contribution in [3.05, 3.63) is 65.6 Å². The lowest BCUT2D eigenvalue weighted by Gasteiger charge is -2.11. The van der Waals surface area contributed by atoms with Crippen molar-refractivity contribution in [1.82, 2.24) is 19.6 Å². The van der Waals surface area contributed by atoms with Gasteiger partial charge in [0.15, 0.2) is 11.3 Å². The van der Waals surface area contributed by atoms with Crippen molar-refractivity contribution in [3.8, 4) is 10.6 Å². The molecule has 0 aromatic carbocycles. The van der Waals surface area contributed by atoms with Crippen LogP contribution in [0.5, 0.6) is 0 Å². The van der Waals surface area contributed by atoms with Crippen LogP contribution in [0.4, 0.5) is 18.9 Å². The van der Waals surface area contributed by atoms with Crippen LogP contribution in [0.2, 0.25) is 0 Å². The summed E-state index contributed by atoms with van der Waals surface area (Å²) >= 11 is 1.26. The number of hydrogen-bond acceptors (Lipinski definition) is 5. The molecule has 4 heterocycles. The van der Waals surface area contributed by atoms with Gasteiger partial charge in [-0.1, -0.05) is 6.07 Å². The predicted molar refractivity (Wildman–Crippen MR) is 93.5 cm³/mol. The molecule has 4 aromatic heterocycles. The molecule has 0 aliphatic carbocycles. The lowest BCUT2D eigenvalue weighted by Crippen LogP contribution is -2.15. The Labute approximate surface area is 154 Å². The predicted octanol–water partition coefficient (Wildman–Crippen LogP) is 4.12. The smallest absolute Gasteiger partial charge is 0.320 e. The molecule has 0 saturated heterocycles. The lowest BCUT2D eigenvalue weighted by molar-refractivity contribution is -0.142. The molecule has 0 aliphatic rings. The summed E-state index contributed by atoms with van der Waals surface area (Å²) in [5.41, 5.74) is -0.707. The average Bonchev–Trinajstić information content (AvgIpc) is 3.30. The maximum Gasteiger partial charge on any atom is 0.433 e. The first-order valence-corrected chi connectivity index (χ1v) is 8.52. The Hall–Kier alpha value is -3.27. The molecule has 1 N–H and O–H groups in total. The van der Waals surface area contributed by atoms with Crippen molar-refractivity contribution in [2.45, 2.75) is 6.18 Å². The minimum atomic E-state index is -4.66. The van der Waals surface area contributed by atoms with E-state index in [4.69, 9.17) is 0 Å². The molecule has 27 heavy (non-hydrogen) atoms. The van der Waals surface area contributed by atoms with Crippen LogP contribution in [-0.4, -0.2) is 25.5 Å². The summed E-state index contributed by atoms with van der Waals surface area (Å²) < 4.78 is 41.1. The van der Waals surface area contributed by atoms with E-state index in [-0.39, 0.29) is 16.9 Å². The molecular formula is C17H10F3N5OS. The van der Waals surface area contributed by atoms with E-state index in [1.54, 1.807) is 29.6 Å². The number of aromatic nitrogens is 4. The third-order valence-electron chi connectivity index (χ3n) is 3.70. The number of pyridine rings is 1. The number of carbonyl (C=O) groups excluding carboxylic acids is 1. The van der Waals surface area contributed by atoms with Gasteiger partial charge in [-0.05, 0) is 29.6 Å². The Morgan fingerprint density at radius 1 is 1.19 bits per heavy atom. The third kappa shape index (κ3) is 3.26. The van der Waals surface area contributed by atoms with E-state index >= 15 is 0 Å². The van der Waals surface area contributed by atoms with Crippen LogP contribution in [0.15, 0.2) is 54.3 Å². The van der Waals surface area contributed by atoms with Gasteiger partial charge >= 0.3 is 6.18 Å². The summed E-state index contributed by atoms with van der Waals surface area (Å²) in [4.78, 5) is 21.2. The van der Waals surface area contributed by atoms with E-state index in [2.05, 4.69) is 20.4 Å². The zero-order valence-electron chi connectivity index (χ0n) is 13.4. The summed E-state index contributed by atoms with van der Waals surface area (Å²) in [6, 6.07) is 7.54. The normalized spacial score (nSPS) is 11.7. The average molecular weight is 389 g/mol. The van der Waals surface area contributed by atoms with Crippen LogP contribution in [0.3, 0.4) is 0 Å². The topological polar surface area (TPSA) is 72.2 Å². The number of halogens is 3. The number of thiophene rings is 1. The zero-order valence-corrected chi connectivity index (χ0v) is 14.3. The molecule has 1 amide bonds. The fraction of sp³-hybridized carbons (Fsp3) is 0.0588. The second-order valence-corrected chi connectivity index (χ2v) is 6.44. The molecule has 10 heteroatoms. The SMILES string of the molecule is O=C(Nc1cccnc1)c1cnn2c(C(F)(F)F)cc(-c3cccs3)nc12. The number of hydrogen-bond donors (Lipinski definition) is 1. The molecular weight excluding hydrogens is 379 g/mol. The molecule has 0 unspecified atom stereocenters. The first-order valence-electron chi connectivity index (χ1n) is 7.65. The van der Waals surface area contributed by atoms with Crippen molar-refractivity contribution in [2.24, 2.45) is 0 Å². The van der Waals surface area contributed by atoms with Crippen molar-refractivity contribution >= 4 is 28.6 Å². The molecule has 0 fully saturated rings. The first kappa shape index (κ1) is 17.2. The second-order valence-electron chi connectivity index (χ2n) is 5.49. The maximum atomic E-state index is 13.5. The number of nitrogens with one attached hydrogen (secondary N) is 1. The van der Waals surface area contributed by atoms with Gasteiger partial charge in [0.25, 0.3) is 5.91 Å². The second kappa shape index (κ2) is 6.47. The van der Waals surface area contributed by atoms with Gasteiger partial charge in [-0.2, -0.15) is 18.3 Å². The van der Waals surface area contributed by atoms with Crippen molar-refractivity contribution < 1.29 is 18.0 Å². The maximum absolute atomic E-state index is 13.5. The van der Waals surface area contributed by atoms with Gasteiger partial charge in [-0.25, -0.2) is 9.50 Å². The van der Waals surface area contributed by atoms with E-state index < -0.39 is 17.8 Å². The molecule has 0 saturated carbocycles. The van der Waals surface area contributed by atoms with Gasteiger partial charge in [0.05, 0.1) is 28.7 Å². The molecule has 0 radical (unpaired) electrons. The molecule has 6 nitrogen and oxygen atoms in total. The van der Waals surface area contributed by atoms with Crippen LogP contribution in [0, 0.1) is 0 Å². The van der Waals surface area contributed by atoms with E-state index in [0.717, 1.165) is 12.3 Å². The highest BCUT2D eigenvalue weighted by atomic mass is 32.1. The minimum Gasteiger partial charge on any atom is -0.320 e. The van der Waals surface area contributed by atoms with Gasteiger partial charge in [0.1, 0.15) is 5.56 Å².